The SMILES string of the molecule is C[C@@H]1[C@@H](O)[C@@H](C)C[C@@H](C)C(=O)[C@H](C)[C@@H](O)[C@@H](C)[C@@H](CCN=[N+]=[N-])OC(=O)[C@H](C)[C@H]1O. The van der Waals surface area contributed by atoms with Gasteiger partial charge in [0.05, 0.1) is 24.2 Å². The molecule has 0 aromatic heterocycles. The van der Waals surface area contributed by atoms with E-state index in [4.69, 9.17) is 10.3 Å². The lowest BCUT2D eigenvalue weighted by Gasteiger charge is -2.36. The van der Waals surface area contributed by atoms with Gasteiger partial charge in [-0.15, -0.1) is 0 Å². The molecule has 9 heteroatoms. The lowest BCUT2D eigenvalue weighted by atomic mass is 9.77. The van der Waals surface area contributed by atoms with Gasteiger partial charge in [-0.1, -0.05) is 39.7 Å². The quantitative estimate of drug-likeness (QED) is 0.272. The van der Waals surface area contributed by atoms with Crippen molar-refractivity contribution >= 4 is 11.8 Å². The van der Waals surface area contributed by atoms with Crippen molar-refractivity contribution in [1.29, 1.82) is 0 Å². The second-order valence-corrected chi connectivity index (χ2v) is 9.00. The second kappa shape index (κ2) is 11.6. The predicted molar refractivity (Wildman–Crippen MR) is 111 cm³/mol. The van der Waals surface area contributed by atoms with Crippen LogP contribution in [0.1, 0.15) is 54.4 Å². The Labute approximate surface area is 178 Å². The van der Waals surface area contributed by atoms with Crippen LogP contribution in [0.4, 0.5) is 0 Å². The van der Waals surface area contributed by atoms with E-state index in [1.54, 1.807) is 27.7 Å². The zero-order valence-corrected chi connectivity index (χ0v) is 18.8. The van der Waals surface area contributed by atoms with E-state index in [0.29, 0.717) is 6.42 Å². The summed E-state index contributed by atoms with van der Waals surface area (Å²) in [6, 6.07) is 0. The van der Waals surface area contributed by atoms with E-state index in [-0.39, 0.29) is 30.6 Å². The summed E-state index contributed by atoms with van der Waals surface area (Å²) in [4.78, 5) is 28.3. The van der Waals surface area contributed by atoms with E-state index in [9.17, 15) is 24.9 Å². The van der Waals surface area contributed by atoms with Crippen molar-refractivity contribution in [3.05, 3.63) is 10.4 Å². The van der Waals surface area contributed by atoms with Crippen molar-refractivity contribution in [2.75, 3.05) is 6.54 Å². The molecule has 0 aromatic carbocycles. The minimum atomic E-state index is -1.14. The van der Waals surface area contributed by atoms with E-state index in [1.165, 1.54) is 6.92 Å². The maximum absolute atomic E-state index is 12.9. The normalized spacial score (nSPS) is 42.0. The molecule has 0 spiro atoms. The van der Waals surface area contributed by atoms with Crippen LogP contribution in [0.3, 0.4) is 0 Å². The van der Waals surface area contributed by atoms with E-state index in [2.05, 4.69) is 10.0 Å². The first-order valence-electron chi connectivity index (χ1n) is 10.7. The summed E-state index contributed by atoms with van der Waals surface area (Å²) in [5.41, 5.74) is 8.53. The van der Waals surface area contributed by atoms with Crippen molar-refractivity contribution in [3.8, 4) is 0 Å². The molecule has 1 fully saturated rings. The number of esters is 1. The molecule has 10 atom stereocenters. The summed E-state index contributed by atoms with van der Waals surface area (Å²) in [6.07, 6.45) is -3.31. The van der Waals surface area contributed by atoms with E-state index >= 15 is 0 Å². The fourth-order valence-corrected chi connectivity index (χ4v) is 4.34. The number of rotatable bonds is 3. The lowest BCUT2D eigenvalue weighted by molar-refractivity contribution is -0.166. The monoisotopic (exact) mass is 427 g/mol. The first kappa shape index (κ1) is 26.4. The molecule has 0 bridgehead atoms. The van der Waals surface area contributed by atoms with Gasteiger partial charge in [0.1, 0.15) is 11.9 Å². The van der Waals surface area contributed by atoms with Crippen LogP contribution in [0.5, 0.6) is 0 Å². The van der Waals surface area contributed by atoms with Crippen LogP contribution < -0.4 is 0 Å². The van der Waals surface area contributed by atoms with Crippen LogP contribution in [-0.4, -0.2) is 58.0 Å². The molecule has 1 aliphatic rings. The van der Waals surface area contributed by atoms with Crippen LogP contribution >= 0.6 is 0 Å². The van der Waals surface area contributed by atoms with Gasteiger partial charge in [0.15, 0.2) is 0 Å². The van der Waals surface area contributed by atoms with Crippen LogP contribution in [0.15, 0.2) is 5.11 Å². The maximum Gasteiger partial charge on any atom is 0.311 e. The number of hydrogen-bond acceptors (Lipinski definition) is 7. The van der Waals surface area contributed by atoms with Crippen molar-refractivity contribution in [3.63, 3.8) is 0 Å². The molecule has 30 heavy (non-hydrogen) atoms. The number of hydrogen-bond donors (Lipinski definition) is 3. The van der Waals surface area contributed by atoms with Gasteiger partial charge in [0, 0.05) is 35.1 Å². The Bertz CT molecular complexity index is 638. The smallest absolute Gasteiger partial charge is 0.311 e. The number of nitrogens with zero attached hydrogens (tertiary/aromatic N) is 3. The largest absolute Gasteiger partial charge is 0.462 e. The summed E-state index contributed by atoms with van der Waals surface area (Å²) in [7, 11) is 0. The Kier molecular flexibility index (Phi) is 10.2. The Balaban J connectivity index is 3.28. The van der Waals surface area contributed by atoms with Gasteiger partial charge < -0.3 is 20.1 Å². The number of aliphatic hydroxyl groups is 3. The van der Waals surface area contributed by atoms with Crippen LogP contribution in [-0.2, 0) is 14.3 Å². The topological polar surface area (TPSA) is 153 Å². The van der Waals surface area contributed by atoms with Gasteiger partial charge in [-0.25, -0.2) is 0 Å². The van der Waals surface area contributed by atoms with Crippen LogP contribution in [0.2, 0.25) is 0 Å². The average molecular weight is 428 g/mol. The first-order valence-corrected chi connectivity index (χ1v) is 10.7. The number of aliphatic hydroxyl groups excluding tert-OH is 3. The molecular formula is C21H37N3O6. The Morgan fingerprint density at radius 1 is 0.967 bits per heavy atom. The van der Waals surface area contributed by atoms with Crippen molar-refractivity contribution in [1.82, 2.24) is 0 Å². The molecular weight excluding hydrogens is 390 g/mol. The van der Waals surface area contributed by atoms with Gasteiger partial charge in [-0.2, -0.15) is 0 Å². The summed E-state index contributed by atoms with van der Waals surface area (Å²) >= 11 is 0. The zero-order chi connectivity index (χ0) is 23.2. The van der Waals surface area contributed by atoms with Crippen LogP contribution in [0, 0.1) is 35.5 Å². The number of carbonyl (C=O) groups excluding carboxylic acids is 2. The molecule has 1 saturated heterocycles. The molecule has 1 heterocycles. The Morgan fingerprint density at radius 3 is 2.10 bits per heavy atom. The summed E-state index contributed by atoms with van der Waals surface area (Å²) in [6.45, 7) is 10.2. The highest BCUT2D eigenvalue weighted by Crippen LogP contribution is 2.31. The zero-order valence-electron chi connectivity index (χ0n) is 18.8. The van der Waals surface area contributed by atoms with Gasteiger partial charge in [0.2, 0.25) is 0 Å². The predicted octanol–water partition coefficient (Wildman–Crippen LogP) is 2.47. The molecule has 0 unspecified atom stereocenters. The molecule has 1 aliphatic heterocycles. The van der Waals surface area contributed by atoms with Gasteiger partial charge in [-0.05, 0) is 31.2 Å². The molecule has 3 N–H and O–H groups in total. The van der Waals surface area contributed by atoms with E-state index in [1.807, 2.05) is 6.92 Å². The van der Waals surface area contributed by atoms with Gasteiger partial charge in [-0.3, -0.25) is 9.59 Å². The average Bonchev–Trinajstić information content (AvgIpc) is 2.73. The number of carbonyl (C=O) groups is 2. The number of cyclic esters (lactones) is 1. The molecule has 172 valence electrons. The van der Waals surface area contributed by atoms with Crippen molar-refractivity contribution in [2.24, 2.45) is 40.6 Å². The highest BCUT2D eigenvalue weighted by Gasteiger charge is 2.40. The Hall–Kier alpha value is -1.67. The van der Waals surface area contributed by atoms with Crippen molar-refractivity contribution < 1.29 is 29.6 Å². The number of azide groups is 1. The molecule has 0 amide bonds. The minimum Gasteiger partial charge on any atom is -0.462 e. The van der Waals surface area contributed by atoms with E-state index < -0.39 is 54.1 Å². The fourth-order valence-electron chi connectivity index (χ4n) is 4.34. The third kappa shape index (κ3) is 6.41. The molecule has 0 aromatic rings. The summed E-state index contributed by atoms with van der Waals surface area (Å²) in [5.74, 6) is -4.23. The highest BCUT2D eigenvalue weighted by atomic mass is 16.5. The lowest BCUT2D eigenvalue weighted by Crippen LogP contribution is -2.45. The number of ether oxygens (including phenoxy) is 1. The fraction of sp³-hybridized carbons (Fsp3) is 0.905. The molecule has 9 nitrogen and oxygen atoms in total. The van der Waals surface area contributed by atoms with Gasteiger partial charge >= 0.3 is 5.97 Å². The molecule has 0 aliphatic carbocycles. The highest BCUT2D eigenvalue weighted by molar-refractivity contribution is 5.83. The van der Waals surface area contributed by atoms with Crippen LogP contribution in [0.25, 0.3) is 10.4 Å². The standard InChI is InChI=1S/C21H37N3O6/c1-10-9-11(2)18(26)14(5)20(28)15(6)21(29)30-16(7-8-23-24-22)12(3)19(27)13(4)17(10)25/h10-16,18-20,26-28H,7-9H2,1-6H3/t10-,11+,12+,13+,14-,15-,16-,18+,19+,20+/m1/s1. The third-order valence-corrected chi connectivity index (χ3v) is 6.69. The second-order valence-electron chi connectivity index (χ2n) is 9.00. The molecule has 0 saturated carbocycles. The molecule has 1 rings (SSSR count). The molecule has 0 radical (unpaired) electrons. The maximum atomic E-state index is 12.9. The minimum absolute atomic E-state index is 0.0633. The first-order chi connectivity index (χ1) is 13.9. The number of ketones is 1. The summed E-state index contributed by atoms with van der Waals surface area (Å²) in [5, 5.41) is 35.6. The van der Waals surface area contributed by atoms with Crippen molar-refractivity contribution in [2.45, 2.75) is 78.8 Å². The van der Waals surface area contributed by atoms with E-state index in [0.717, 1.165) is 0 Å². The third-order valence-electron chi connectivity index (χ3n) is 6.69. The van der Waals surface area contributed by atoms with Gasteiger partial charge in [0.25, 0.3) is 0 Å². The summed E-state index contributed by atoms with van der Waals surface area (Å²) < 4.78 is 5.59. The number of Topliss-reactive ketones (excluding diaryl/α,β-unsaturated/α-hetero) is 1. The Morgan fingerprint density at radius 2 is 1.53 bits per heavy atom.